The van der Waals surface area contributed by atoms with Crippen LogP contribution < -0.4 is 0 Å². The molecule has 0 unspecified atom stereocenters. The Morgan fingerprint density at radius 3 is 2.46 bits per heavy atom. The van der Waals surface area contributed by atoms with Crippen LogP contribution in [0.15, 0.2) is 0 Å². The van der Waals surface area contributed by atoms with Gasteiger partial charge in [0, 0.05) is 6.61 Å². The van der Waals surface area contributed by atoms with Gasteiger partial charge >= 0.3 is 0 Å². The summed E-state index contributed by atoms with van der Waals surface area (Å²) in [6.45, 7) is 3.20. The van der Waals surface area contributed by atoms with E-state index in [0.717, 1.165) is 12.4 Å². The van der Waals surface area contributed by atoms with Crippen LogP contribution in [0.4, 0.5) is 0 Å². The van der Waals surface area contributed by atoms with Gasteiger partial charge in [0.15, 0.2) is 0 Å². The lowest BCUT2D eigenvalue weighted by atomic mass is 9.86. The van der Waals surface area contributed by atoms with E-state index in [1.54, 1.807) is 0 Å². The highest BCUT2D eigenvalue weighted by Gasteiger charge is 2.26. The van der Waals surface area contributed by atoms with E-state index in [1.807, 2.05) is 0 Å². The van der Waals surface area contributed by atoms with Crippen molar-refractivity contribution in [3.63, 3.8) is 0 Å². The standard InChI is InChI=1S/C11H22OS/c1-11(7-3-2-4-8-11)12-9-5-6-10-13/h13H,2-10H2,1H3. The highest BCUT2D eigenvalue weighted by molar-refractivity contribution is 7.80. The first-order valence-corrected chi connectivity index (χ1v) is 6.15. The molecule has 0 heterocycles. The summed E-state index contributed by atoms with van der Waals surface area (Å²) in [6.07, 6.45) is 8.96. The molecule has 0 atom stereocenters. The molecule has 0 aromatic rings. The lowest BCUT2D eigenvalue weighted by molar-refractivity contribution is -0.0569. The third-order valence-corrected chi connectivity index (χ3v) is 3.23. The zero-order valence-corrected chi connectivity index (χ0v) is 9.61. The number of hydrogen-bond donors (Lipinski definition) is 1. The maximum Gasteiger partial charge on any atom is 0.0654 e. The third kappa shape index (κ3) is 4.37. The summed E-state index contributed by atoms with van der Waals surface area (Å²) in [4.78, 5) is 0. The van der Waals surface area contributed by atoms with Crippen molar-refractivity contribution in [2.45, 2.75) is 57.5 Å². The lowest BCUT2D eigenvalue weighted by Crippen LogP contribution is -2.31. The molecule has 1 saturated carbocycles. The number of hydrogen-bond acceptors (Lipinski definition) is 2. The van der Waals surface area contributed by atoms with Gasteiger partial charge in [0.2, 0.25) is 0 Å². The molecular weight excluding hydrogens is 180 g/mol. The molecule has 0 N–H and O–H groups in total. The molecule has 0 amide bonds. The molecule has 0 radical (unpaired) electrons. The van der Waals surface area contributed by atoms with Gasteiger partial charge in [-0.15, -0.1) is 0 Å². The Labute approximate surface area is 87.7 Å². The minimum atomic E-state index is 0.203. The maximum absolute atomic E-state index is 5.94. The molecule has 0 bridgehead atoms. The molecule has 1 aliphatic rings. The average Bonchev–Trinajstić information content (AvgIpc) is 2.14. The van der Waals surface area contributed by atoms with Crippen LogP contribution in [-0.4, -0.2) is 18.0 Å². The largest absolute Gasteiger partial charge is 0.375 e. The second kappa shape index (κ2) is 5.92. The van der Waals surface area contributed by atoms with Gasteiger partial charge in [-0.2, -0.15) is 12.6 Å². The number of unbranched alkanes of at least 4 members (excludes halogenated alkanes) is 1. The minimum Gasteiger partial charge on any atom is -0.375 e. The zero-order chi connectivity index (χ0) is 9.57. The first kappa shape index (κ1) is 11.4. The topological polar surface area (TPSA) is 9.23 Å². The van der Waals surface area contributed by atoms with Gasteiger partial charge < -0.3 is 4.74 Å². The molecule has 0 aliphatic heterocycles. The highest BCUT2D eigenvalue weighted by atomic mass is 32.1. The van der Waals surface area contributed by atoms with Crippen LogP contribution in [0.2, 0.25) is 0 Å². The molecule has 1 aliphatic carbocycles. The lowest BCUT2D eigenvalue weighted by Gasteiger charge is -2.33. The van der Waals surface area contributed by atoms with E-state index in [9.17, 15) is 0 Å². The van der Waals surface area contributed by atoms with Crippen LogP contribution in [0, 0.1) is 0 Å². The normalized spacial score (nSPS) is 21.7. The van der Waals surface area contributed by atoms with Gasteiger partial charge in [0.1, 0.15) is 0 Å². The van der Waals surface area contributed by atoms with Gasteiger partial charge in [0.05, 0.1) is 5.60 Å². The molecule has 1 fully saturated rings. The SMILES string of the molecule is CC1(OCCCCS)CCCCC1. The third-order valence-electron chi connectivity index (χ3n) is 2.91. The number of thiol groups is 1. The van der Waals surface area contributed by atoms with Crippen LogP contribution in [-0.2, 0) is 4.74 Å². The van der Waals surface area contributed by atoms with E-state index in [1.165, 1.54) is 44.9 Å². The van der Waals surface area contributed by atoms with Crippen molar-refractivity contribution < 1.29 is 4.74 Å². The van der Waals surface area contributed by atoms with E-state index < -0.39 is 0 Å². The molecule has 0 spiro atoms. The second-order valence-corrected chi connectivity index (χ2v) is 4.74. The van der Waals surface area contributed by atoms with E-state index in [0.29, 0.717) is 0 Å². The van der Waals surface area contributed by atoms with E-state index in [2.05, 4.69) is 19.6 Å². The number of ether oxygens (including phenoxy) is 1. The Bertz CT molecular complexity index is 130. The predicted octanol–water partition coefficient (Wildman–Crippen LogP) is 3.44. The predicted molar refractivity (Wildman–Crippen MR) is 60.5 cm³/mol. The Hall–Kier alpha value is 0.310. The number of rotatable bonds is 5. The fourth-order valence-electron chi connectivity index (χ4n) is 1.98. The summed E-state index contributed by atoms with van der Waals surface area (Å²) in [5.74, 6) is 0.986. The van der Waals surface area contributed by atoms with Crippen molar-refractivity contribution in [1.82, 2.24) is 0 Å². The maximum atomic E-state index is 5.94. The molecule has 2 heteroatoms. The molecule has 0 aromatic heterocycles. The van der Waals surface area contributed by atoms with E-state index in [-0.39, 0.29) is 5.60 Å². The van der Waals surface area contributed by atoms with Gasteiger partial charge in [-0.05, 0) is 38.4 Å². The average molecular weight is 202 g/mol. The van der Waals surface area contributed by atoms with Gasteiger partial charge in [-0.3, -0.25) is 0 Å². The van der Waals surface area contributed by atoms with Crippen molar-refractivity contribution in [2.24, 2.45) is 0 Å². The van der Waals surface area contributed by atoms with Gasteiger partial charge in [-0.1, -0.05) is 19.3 Å². The van der Waals surface area contributed by atoms with Crippen molar-refractivity contribution in [3.05, 3.63) is 0 Å². The Morgan fingerprint density at radius 1 is 1.15 bits per heavy atom. The van der Waals surface area contributed by atoms with Crippen LogP contribution in [0.25, 0.3) is 0 Å². The first-order valence-electron chi connectivity index (χ1n) is 5.52. The van der Waals surface area contributed by atoms with Crippen molar-refractivity contribution in [3.8, 4) is 0 Å². The highest BCUT2D eigenvalue weighted by Crippen LogP contribution is 2.31. The first-order chi connectivity index (χ1) is 6.27. The van der Waals surface area contributed by atoms with Crippen molar-refractivity contribution >= 4 is 12.6 Å². The molecule has 1 nitrogen and oxygen atoms in total. The fraction of sp³-hybridized carbons (Fsp3) is 1.00. The zero-order valence-electron chi connectivity index (χ0n) is 8.72. The summed E-state index contributed by atoms with van der Waals surface area (Å²) in [7, 11) is 0. The van der Waals surface area contributed by atoms with Crippen molar-refractivity contribution in [2.75, 3.05) is 12.4 Å². The Morgan fingerprint density at radius 2 is 1.85 bits per heavy atom. The van der Waals surface area contributed by atoms with Crippen LogP contribution in [0.5, 0.6) is 0 Å². The summed E-state index contributed by atoms with van der Waals surface area (Å²) >= 11 is 4.19. The minimum absolute atomic E-state index is 0.203. The summed E-state index contributed by atoms with van der Waals surface area (Å²) < 4.78 is 5.94. The van der Waals surface area contributed by atoms with Crippen LogP contribution in [0.3, 0.4) is 0 Å². The molecule has 78 valence electrons. The molecular formula is C11H22OS. The van der Waals surface area contributed by atoms with E-state index in [4.69, 9.17) is 4.74 Å². The fourth-order valence-corrected chi connectivity index (χ4v) is 2.20. The summed E-state index contributed by atoms with van der Waals surface area (Å²) in [5.41, 5.74) is 0.203. The van der Waals surface area contributed by atoms with Gasteiger partial charge in [0.25, 0.3) is 0 Å². The van der Waals surface area contributed by atoms with E-state index >= 15 is 0 Å². The summed E-state index contributed by atoms with van der Waals surface area (Å²) in [5, 5.41) is 0. The molecule has 0 aromatic carbocycles. The summed E-state index contributed by atoms with van der Waals surface area (Å²) in [6, 6.07) is 0. The quantitative estimate of drug-likeness (QED) is 0.531. The smallest absolute Gasteiger partial charge is 0.0654 e. The second-order valence-electron chi connectivity index (χ2n) is 4.29. The van der Waals surface area contributed by atoms with Crippen LogP contribution in [0.1, 0.15) is 51.9 Å². The molecule has 1 rings (SSSR count). The Balaban J connectivity index is 2.10. The molecule has 0 saturated heterocycles. The van der Waals surface area contributed by atoms with Crippen LogP contribution >= 0.6 is 12.6 Å². The van der Waals surface area contributed by atoms with Gasteiger partial charge in [-0.25, -0.2) is 0 Å². The van der Waals surface area contributed by atoms with Crippen molar-refractivity contribution in [1.29, 1.82) is 0 Å². The Kier molecular flexibility index (Phi) is 5.18. The molecule has 13 heavy (non-hydrogen) atoms. The monoisotopic (exact) mass is 202 g/mol.